The van der Waals surface area contributed by atoms with Crippen molar-refractivity contribution in [2.24, 2.45) is 45.3 Å². The van der Waals surface area contributed by atoms with Gasteiger partial charge in [0.05, 0.1) is 31.0 Å². The quantitative estimate of drug-likeness (QED) is 0.115. The standard InChI is InChI=1S/C42H72O13/c1-21(2)10-9-14-42(8,51)22-11-16-41(7)29(22)23(52-36-34(49)32(47)30(45)24(19-43)53-36)18-27-39(5)15-13-28(38(3,4)26(39)12-17-40(27,41)6)55-37-35(50)33(48)31(46)25(20-44)54-37/h10,22-37,43-51H,9,11-20H2,1-8H3/t22-,23+,24+,25+,26-,27+,28-,29-,30+,31+,32-,33-,34+,35+,36+,37-,39-,40+,41+,42-/m0/s1. The fraction of sp³-hybridized carbons (Fsp3) is 0.952. The number of rotatable bonds is 10. The zero-order chi connectivity index (χ0) is 40.6. The van der Waals surface area contributed by atoms with E-state index in [2.05, 4.69) is 54.5 Å². The van der Waals surface area contributed by atoms with Crippen molar-refractivity contribution in [1.82, 2.24) is 0 Å². The van der Waals surface area contributed by atoms with E-state index in [0.717, 1.165) is 38.5 Å². The average Bonchev–Trinajstić information content (AvgIpc) is 3.50. The van der Waals surface area contributed by atoms with Gasteiger partial charge in [0.25, 0.3) is 0 Å². The summed E-state index contributed by atoms with van der Waals surface area (Å²) in [5.41, 5.74) is -0.847. The van der Waals surface area contributed by atoms with Crippen LogP contribution in [0.4, 0.5) is 0 Å². The van der Waals surface area contributed by atoms with Gasteiger partial charge in [-0.1, -0.05) is 46.3 Å². The minimum absolute atomic E-state index is 0.109. The molecule has 2 saturated heterocycles. The molecule has 20 atom stereocenters. The summed E-state index contributed by atoms with van der Waals surface area (Å²) in [6.07, 6.45) is -5.51. The number of hydrogen-bond acceptors (Lipinski definition) is 13. The van der Waals surface area contributed by atoms with Crippen LogP contribution >= 0.6 is 0 Å². The molecule has 6 aliphatic rings. The average molecular weight is 785 g/mol. The Morgan fingerprint density at radius 2 is 1.25 bits per heavy atom. The first-order valence-electron chi connectivity index (χ1n) is 20.9. The van der Waals surface area contributed by atoms with E-state index in [4.69, 9.17) is 18.9 Å². The predicted molar refractivity (Wildman–Crippen MR) is 201 cm³/mol. The fourth-order valence-electron chi connectivity index (χ4n) is 13.3. The highest BCUT2D eigenvalue weighted by Gasteiger charge is 2.72. The summed E-state index contributed by atoms with van der Waals surface area (Å²) in [6.45, 7) is 16.5. The van der Waals surface area contributed by atoms with Crippen LogP contribution in [-0.2, 0) is 18.9 Å². The van der Waals surface area contributed by atoms with Gasteiger partial charge in [0.1, 0.15) is 48.8 Å². The Balaban J connectivity index is 1.33. The molecule has 0 aromatic carbocycles. The predicted octanol–water partition coefficient (Wildman–Crippen LogP) is 2.15. The highest BCUT2D eigenvalue weighted by atomic mass is 16.7. The van der Waals surface area contributed by atoms with Gasteiger partial charge in [0, 0.05) is 0 Å². The summed E-state index contributed by atoms with van der Waals surface area (Å²) in [5.74, 6) is 0.0816. The number of ether oxygens (including phenoxy) is 4. The van der Waals surface area contributed by atoms with Gasteiger partial charge < -0.3 is 64.9 Å². The summed E-state index contributed by atoms with van der Waals surface area (Å²) in [5, 5.41) is 96.4. The Morgan fingerprint density at radius 1 is 0.709 bits per heavy atom. The lowest BCUT2D eigenvalue weighted by Crippen LogP contribution is -2.68. The van der Waals surface area contributed by atoms with Gasteiger partial charge in [-0.3, -0.25) is 0 Å². The molecule has 2 aliphatic heterocycles. The van der Waals surface area contributed by atoms with Gasteiger partial charge in [-0.25, -0.2) is 0 Å². The summed E-state index contributed by atoms with van der Waals surface area (Å²) >= 11 is 0. The summed E-state index contributed by atoms with van der Waals surface area (Å²) in [4.78, 5) is 0. The van der Waals surface area contributed by atoms with Crippen LogP contribution < -0.4 is 0 Å². The summed E-state index contributed by atoms with van der Waals surface area (Å²) in [6, 6.07) is 0. The van der Waals surface area contributed by atoms with E-state index in [1.165, 1.54) is 5.57 Å². The van der Waals surface area contributed by atoms with Crippen LogP contribution in [0, 0.1) is 45.3 Å². The van der Waals surface area contributed by atoms with Crippen molar-refractivity contribution in [1.29, 1.82) is 0 Å². The third kappa shape index (κ3) is 7.20. The lowest BCUT2D eigenvalue weighted by molar-refractivity contribution is -0.342. The Hall–Kier alpha value is -0.780. The second-order valence-electron chi connectivity index (χ2n) is 20.1. The number of fused-ring (bicyclic) bond motifs is 5. The van der Waals surface area contributed by atoms with Crippen LogP contribution in [0.5, 0.6) is 0 Å². The molecule has 0 radical (unpaired) electrons. The van der Waals surface area contributed by atoms with Crippen molar-refractivity contribution in [2.45, 2.75) is 192 Å². The molecule has 13 heteroatoms. The number of hydrogen-bond donors (Lipinski definition) is 9. The monoisotopic (exact) mass is 784 g/mol. The molecule has 13 nitrogen and oxygen atoms in total. The largest absolute Gasteiger partial charge is 0.394 e. The topological polar surface area (TPSA) is 219 Å². The van der Waals surface area contributed by atoms with E-state index in [0.29, 0.717) is 19.3 Å². The molecule has 0 bridgehead atoms. The lowest BCUT2D eigenvalue weighted by atomic mass is 9.35. The third-order valence-electron chi connectivity index (χ3n) is 16.6. The number of allylic oxidation sites excluding steroid dienone is 2. The summed E-state index contributed by atoms with van der Waals surface area (Å²) < 4.78 is 25.2. The molecule has 4 aliphatic carbocycles. The highest BCUT2D eigenvalue weighted by Crippen LogP contribution is 2.76. The van der Waals surface area contributed by atoms with Gasteiger partial charge in [-0.05, 0) is 124 Å². The molecule has 0 aromatic rings. The molecule has 0 unspecified atom stereocenters. The van der Waals surface area contributed by atoms with Gasteiger partial charge in [-0.15, -0.1) is 0 Å². The molecule has 2 heterocycles. The maximum absolute atomic E-state index is 12.3. The smallest absolute Gasteiger partial charge is 0.186 e. The van der Waals surface area contributed by atoms with Gasteiger partial charge in [0.2, 0.25) is 0 Å². The maximum atomic E-state index is 12.3. The van der Waals surface area contributed by atoms with E-state index in [-0.39, 0.29) is 46.0 Å². The molecule has 0 aromatic heterocycles. The first-order chi connectivity index (χ1) is 25.6. The van der Waals surface area contributed by atoms with Crippen molar-refractivity contribution < 1.29 is 64.9 Å². The van der Waals surface area contributed by atoms with E-state index in [1.807, 2.05) is 6.92 Å². The lowest BCUT2D eigenvalue weighted by Gasteiger charge is -2.71. The fourth-order valence-corrected chi connectivity index (χ4v) is 13.3. The van der Waals surface area contributed by atoms with E-state index < -0.39 is 91.7 Å². The molecule has 4 saturated carbocycles. The Kier molecular flexibility index (Phi) is 12.5. The molecule has 6 rings (SSSR count). The van der Waals surface area contributed by atoms with Crippen molar-refractivity contribution in [2.75, 3.05) is 13.2 Å². The van der Waals surface area contributed by atoms with Gasteiger partial charge in [0.15, 0.2) is 12.6 Å². The molecular formula is C42H72O13. The SMILES string of the molecule is CC(C)=CCC[C@](C)(O)[C@H]1CC[C@]2(C)[C@@H]1[C@H](O[C@@H]1O[C@H](CO)[C@@H](O)[C@H](O)[C@H]1O)C[C@@H]1[C@@]3(C)CC[C@H](O[C@@H]4O[C@H](CO)[C@@H](O)[C@H](O)[C@H]4O)C(C)(C)[C@@H]3CC[C@]12C. The molecule has 9 N–H and O–H groups in total. The third-order valence-corrected chi connectivity index (χ3v) is 16.6. The van der Waals surface area contributed by atoms with E-state index >= 15 is 0 Å². The first-order valence-corrected chi connectivity index (χ1v) is 20.9. The van der Waals surface area contributed by atoms with Crippen LogP contribution in [-0.4, -0.2) is 138 Å². The highest BCUT2D eigenvalue weighted by molar-refractivity contribution is 5.20. The maximum Gasteiger partial charge on any atom is 0.186 e. The van der Waals surface area contributed by atoms with Crippen molar-refractivity contribution in [3.05, 3.63) is 11.6 Å². The molecular weight excluding hydrogens is 712 g/mol. The molecule has 0 amide bonds. The Bertz CT molecular complexity index is 1370. The molecule has 6 fully saturated rings. The van der Waals surface area contributed by atoms with Crippen LogP contribution in [0.25, 0.3) is 0 Å². The second kappa shape index (κ2) is 15.7. The molecule has 55 heavy (non-hydrogen) atoms. The van der Waals surface area contributed by atoms with Crippen molar-refractivity contribution in [3.63, 3.8) is 0 Å². The minimum atomic E-state index is -1.57. The molecule has 0 spiro atoms. The van der Waals surface area contributed by atoms with Crippen LogP contribution in [0.1, 0.15) is 113 Å². The van der Waals surface area contributed by atoms with Crippen molar-refractivity contribution in [3.8, 4) is 0 Å². The second-order valence-corrected chi connectivity index (χ2v) is 20.1. The van der Waals surface area contributed by atoms with Crippen LogP contribution in [0.2, 0.25) is 0 Å². The van der Waals surface area contributed by atoms with Crippen LogP contribution in [0.3, 0.4) is 0 Å². The van der Waals surface area contributed by atoms with E-state index in [1.54, 1.807) is 0 Å². The van der Waals surface area contributed by atoms with Crippen molar-refractivity contribution >= 4 is 0 Å². The van der Waals surface area contributed by atoms with E-state index in [9.17, 15) is 46.0 Å². The normalized spacial score (nSPS) is 52.0. The van der Waals surface area contributed by atoms with Gasteiger partial charge >= 0.3 is 0 Å². The Morgan fingerprint density at radius 3 is 1.80 bits per heavy atom. The minimum Gasteiger partial charge on any atom is -0.394 e. The first kappa shape index (κ1) is 43.8. The summed E-state index contributed by atoms with van der Waals surface area (Å²) in [7, 11) is 0. The van der Waals surface area contributed by atoms with Crippen LogP contribution in [0.15, 0.2) is 11.6 Å². The number of aliphatic hydroxyl groups excluding tert-OH is 8. The zero-order valence-corrected chi connectivity index (χ0v) is 34.3. The molecule has 318 valence electrons. The number of aliphatic hydroxyl groups is 9. The Labute approximate surface area is 327 Å². The zero-order valence-electron chi connectivity index (χ0n) is 34.3. The van der Waals surface area contributed by atoms with Gasteiger partial charge in [-0.2, -0.15) is 0 Å².